The summed E-state index contributed by atoms with van der Waals surface area (Å²) in [5.41, 5.74) is 1.06. The van der Waals surface area contributed by atoms with E-state index in [0.29, 0.717) is 6.54 Å². The number of fused-ring (bicyclic) bond motifs is 1. The Morgan fingerprint density at radius 1 is 1.33 bits per heavy atom. The van der Waals surface area contributed by atoms with Crippen LogP contribution >= 0.6 is 22.6 Å². The third-order valence-electron chi connectivity index (χ3n) is 2.59. The molecule has 0 bridgehead atoms. The quantitative estimate of drug-likeness (QED) is 0.858. The van der Waals surface area contributed by atoms with Crippen LogP contribution in [0.5, 0.6) is 11.5 Å². The Morgan fingerprint density at radius 2 is 2.28 bits per heavy atom. The molecule has 1 N–H and O–H groups in total. The molecule has 0 radical (unpaired) electrons. The van der Waals surface area contributed by atoms with Crippen LogP contribution in [0.4, 0.5) is 5.82 Å². The molecule has 0 amide bonds. The second-order valence-corrected chi connectivity index (χ2v) is 4.89. The van der Waals surface area contributed by atoms with Crippen LogP contribution in [0.3, 0.4) is 0 Å². The molecule has 1 aromatic carbocycles. The third-order valence-corrected chi connectivity index (χ3v) is 3.38. The average Bonchev–Trinajstić information content (AvgIpc) is 2.86. The Kier molecular flexibility index (Phi) is 3.18. The molecule has 0 atom stereocenters. The predicted molar refractivity (Wildman–Crippen MR) is 74.6 cm³/mol. The molecule has 1 aromatic heterocycles. The molecule has 0 aliphatic carbocycles. The second kappa shape index (κ2) is 4.97. The van der Waals surface area contributed by atoms with Crippen molar-refractivity contribution < 1.29 is 9.47 Å². The van der Waals surface area contributed by atoms with E-state index in [1.54, 1.807) is 6.20 Å². The van der Waals surface area contributed by atoms with E-state index < -0.39 is 0 Å². The molecule has 0 spiro atoms. The lowest BCUT2D eigenvalue weighted by Gasteiger charge is -2.08. The van der Waals surface area contributed by atoms with Gasteiger partial charge in [0.25, 0.3) is 0 Å². The standard InChI is InChI=1S/C12H10IN3O2/c13-9-5-14-6-16-12(9)15-4-8-2-1-3-10-11(8)18-7-17-10/h1-3,5-6H,4,7H2,(H,14,15,16). The topological polar surface area (TPSA) is 56.3 Å². The van der Waals surface area contributed by atoms with Crippen molar-refractivity contribution in [2.24, 2.45) is 0 Å². The van der Waals surface area contributed by atoms with Crippen LogP contribution in [0.25, 0.3) is 0 Å². The van der Waals surface area contributed by atoms with E-state index in [2.05, 4.69) is 37.9 Å². The minimum absolute atomic E-state index is 0.289. The number of nitrogens with one attached hydrogen (secondary N) is 1. The maximum absolute atomic E-state index is 5.45. The molecular formula is C12H10IN3O2. The molecule has 0 unspecified atom stereocenters. The number of halogens is 1. The van der Waals surface area contributed by atoms with E-state index in [9.17, 15) is 0 Å². The van der Waals surface area contributed by atoms with Crippen molar-refractivity contribution in [1.82, 2.24) is 9.97 Å². The Hall–Kier alpha value is -1.57. The predicted octanol–water partition coefficient (Wildman–Crippen LogP) is 2.42. The zero-order valence-electron chi connectivity index (χ0n) is 9.39. The first-order valence-electron chi connectivity index (χ1n) is 5.41. The maximum atomic E-state index is 5.45. The van der Waals surface area contributed by atoms with Crippen molar-refractivity contribution in [2.45, 2.75) is 6.54 Å². The zero-order chi connectivity index (χ0) is 12.4. The number of hydrogen-bond donors (Lipinski definition) is 1. The van der Waals surface area contributed by atoms with Gasteiger partial charge in [-0.2, -0.15) is 0 Å². The number of para-hydroxylation sites is 1. The average molecular weight is 355 g/mol. The Morgan fingerprint density at radius 3 is 3.17 bits per heavy atom. The molecule has 5 nitrogen and oxygen atoms in total. The van der Waals surface area contributed by atoms with Crippen molar-refractivity contribution >= 4 is 28.4 Å². The van der Waals surface area contributed by atoms with E-state index in [1.807, 2.05) is 18.2 Å². The molecule has 1 aliphatic rings. The lowest BCUT2D eigenvalue weighted by Crippen LogP contribution is -2.04. The fourth-order valence-corrected chi connectivity index (χ4v) is 2.24. The summed E-state index contributed by atoms with van der Waals surface area (Å²) in [4.78, 5) is 8.14. The highest BCUT2D eigenvalue weighted by molar-refractivity contribution is 14.1. The Labute approximate surface area is 118 Å². The van der Waals surface area contributed by atoms with Gasteiger partial charge in [-0.3, -0.25) is 0 Å². The van der Waals surface area contributed by atoms with Crippen LogP contribution in [0.15, 0.2) is 30.7 Å². The number of nitrogens with zero attached hydrogens (tertiary/aromatic N) is 2. The van der Waals surface area contributed by atoms with Crippen molar-refractivity contribution in [3.63, 3.8) is 0 Å². The van der Waals surface area contributed by atoms with E-state index in [4.69, 9.17) is 9.47 Å². The number of anilines is 1. The van der Waals surface area contributed by atoms with Gasteiger partial charge in [-0.25, -0.2) is 9.97 Å². The number of ether oxygens (including phenoxy) is 2. The molecule has 2 aromatic rings. The largest absolute Gasteiger partial charge is 0.454 e. The van der Waals surface area contributed by atoms with Crippen LogP contribution in [-0.4, -0.2) is 16.8 Å². The van der Waals surface area contributed by atoms with E-state index in [-0.39, 0.29) is 6.79 Å². The molecule has 92 valence electrons. The number of benzene rings is 1. The van der Waals surface area contributed by atoms with Crippen LogP contribution < -0.4 is 14.8 Å². The van der Waals surface area contributed by atoms with Gasteiger partial charge in [0, 0.05) is 18.3 Å². The summed E-state index contributed by atoms with van der Waals surface area (Å²) in [6.07, 6.45) is 3.30. The number of aromatic nitrogens is 2. The Balaban J connectivity index is 1.78. The van der Waals surface area contributed by atoms with Gasteiger partial charge < -0.3 is 14.8 Å². The van der Waals surface area contributed by atoms with Crippen LogP contribution in [0.1, 0.15) is 5.56 Å². The van der Waals surface area contributed by atoms with E-state index in [0.717, 1.165) is 26.5 Å². The fourth-order valence-electron chi connectivity index (χ4n) is 1.75. The normalized spacial score (nSPS) is 12.5. The monoisotopic (exact) mass is 355 g/mol. The second-order valence-electron chi connectivity index (χ2n) is 3.72. The highest BCUT2D eigenvalue weighted by Gasteiger charge is 2.16. The zero-order valence-corrected chi connectivity index (χ0v) is 11.5. The molecule has 3 rings (SSSR count). The third kappa shape index (κ3) is 2.20. The fraction of sp³-hybridized carbons (Fsp3) is 0.167. The smallest absolute Gasteiger partial charge is 0.231 e. The summed E-state index contributed by atoms with van der Waals surface area (Å²) >= 11 is 2.20. The van der Waals surface area contributed by atoms with Crippen molar-refractivity contribution in [2.75, 3.05) is 12.1 Å². The Bertz CT molecular complexity index is 577. The highest BCUT2D eigenvalue weighted by Crippen LogP contribution is 2.35. The van der Waals surface area contributed by atoms with Crippen molar-refractivity contribution in [3.8, 4) is 11.5 Å². The van der Waals surface area contributed by atoms with Gasteiger partial charge in [0.15, 0.2) is 11.5 Å². The highest BCUT2D eigenvalue weighted by atomic mass is 127. The van der Waals surface area contributed by atoms with Gasteiger partial charge >= 0.3 is 0 Å². The molecule has 1 aliphatic heterocycles. The van der Waals surface area contributed by atoms with Crippen LogP contribution in [-0.2, 0) is 6.54 Å². The van der Waals surface area contributed by atoms with Gasteiger partial charge in [0.05, 0.1) is 3.57 Å². The molecule has 0 fully saturated rings. The van der Waals surface area contributed by atoms with Gasteiger partial charge in [0.1, 0.15) is 12.1 Å². The molecule has 2 heterocycles. The number of rotatable bonds is 3. The minimum atomic E-state index is 0.289. The molecule has 6 heteroatoms. The maximum Gasteiger partial charge on any atom is 0.231 e. The van der Waals surface area contributed by atoms with Gasteiger partial charge in [-0.15, -0.1) is 0 Å². The van der Waals surface area contributed by atoms with Crippen molar-refractivity contribution in [1.29, 1.82) is 0 Å². The molecular weight excluding hydrogens is 345 g/mol. The molecule has 0 saturated carbocycles. The van der Waals surface area contributed by atoms with Gasteiger partial charge in [-0.05, 0) is 28.7 Å². The first kappa shape index (κ1) is 11.5. The summed E-state index contributed by atoms with van der Waals surface area (Å²) in [5, 5.41) is 3.26. The van der Waals surface area contributed by atoms with Crippen molar-refractivity contribution in [3.05, 3.63) is 39.9 Å². The number of hydrogen-bond acceptors (Lipinski definition) is 5. The minimum Gasteiger partial charge on any atom is -0.454 e. The SMILES string of the molecule is Ic1cncnc1NCc1cccc2c1OCO2. The van der Waals surface area contributed by atoms with E-state index in [1.165, 1.54) is 6.33 Å². The lowest BCUT2D eigenvalue weighted by atomic mass is 10.2. The summed E-state index contributed by atoms with van der Waals surface area (Å²) in [7, 11) is 0. The van der Waals surface area contributed by atoms with Gasteiger partial charge in [-0.1, -0.05) is 12.1 Å². The first-order chi connectivity index (χ1) is 8.84. The summed E-state index contributed by atoms with van der Waals surface area (Å²) in [5.74, 6) is 2.43. The van der Waals surface area contributed by atoms with Crippen LogP contribution in [0, 0.1) is 3.57 Å². The molecule has 0 saturated heterocycles. The summed E-state index contributed by atoms with van der Waals surface area (Å²) < 4.78 is 11.8. The summed E-state index contributed by atoms with van der Waals surface area (Å²) in [6.45, 7) is 0.928. The first-order valence-corrected chi connectivity index (χ1v) is 6.49. The summed E-state index contributed by atoms with van der Waals surface area (Å²) in [6, 6.07) is 5.87. The lowest BCUT2D eigenvalue weighted by molar-refractivity contribution is 0.173. The van der Waals surface area contributed by atoms with Crippen LogP contribution in [0.2, 0.25) is 0 Å². The van der Waals surface area contributed by atoms with Gasteiger partial charge in [0.2, 0.25) is 6.79 Å². The van der Waals surface area contributed by atoms with E-state index >= 15 is 0 Å². The molecule has 18 heavy (non-hydrogen) atoms.